The molecule has 1 aromatic carbocycles. The Morgan fingerprint density at radius 1 is 1.18 bits per heavy atom. The van der Waals surface area contributed by atoms with Crippen molar-refractivity contribution in [2.45, 2.75) is 25.2 Å². The van der Waals surface area contributed by atoms with Crippen LogP contribution in [0.1, 0.15) is 36.0 Å². The molecule has 1 saturated heterocycles. The van der Waals surface area contributed by atoms with Gasteiger partial charge in [-0.25, -0.2) is 0 Å². The topological polar surface area (TPSA) is 59.4 Å². The lowest BCUT2D eigenvalue weighted by Crippen LogP contribution is -2.36. The van der Waals surface area contributed by atoms with Crippen molar-refractivity contribution in [2.24, 2.45) is 0 Å². The fraction of sp³-hybridized carbons (Fsp3) is 0.261. The van der Waals surface area contributed by atoms with E-state index in [1.54, 1.807) is 53.0 Å². The number of alkyl halides is 3. The third-order valence-corrected chi connectivity index (χ3v) is 5.69. The van der Waals surface area contributed by atoms with Gasteiger partial charge in [0.25, 0.3) is 0 Å². The largest absolute Gasteiger partial charge is 0.465 e. The fourth-order valence-electron chi connectivity index (χ4n) is 3.95. The number of aromatic nitrogens is 2. The zero-order chi connectivity index (χ0) is 23.6. The molecule has 1 fully saturated rings. The molecule has 6 nitrogen and oxygen atoms in total. The summed E-state index contributed by atoms with van der Waals surface area (Å²) in [6, 6.07) is 13.2. The summed E-state index contributed by atoms with van der Waals surface area (Å²) in [7, 11) is 0. The van der Waals surface area contributed by atoms with Gasteiger partial charge in [0, 0.05) is 23.8 Å². The summed E-state index contributed by atoms with van der Waals surface area (Å²) in [6.45, 7) is 1.83. The maximum atomic E-state index is 13.3. The molecule has 0 spiro atoms. The van der Waals surface area contributed by atoms with Crippen LogP contribution >= 0.6 is 12.2 Å². The predicted molar refractivity (Wildman–Crippen MR) is 120 cm³/mol. The number of carbonyl (C=O) groups is 1. The van der Waals surface area contributed by atoms with Crippen LogP contribution in [0.2, 0.25) is 0 Å². The standard InChI is InChI=1S/C23H21F3N4O2S/c1-2-32-19(31)14-30-21(20(28-22(30)33)17-9-3-4-11-27-17)18-10-6-12-29(18)16-8-5-7-15(13-16)23(24,25)26/h3-13,20-21H,2,14H2,1H3,(H,28,33)/t20-,21+/m0/s1. The molecule has 0 saturated carbocycles. The number of carbonyl (C=O) groups excluding carboxylic acids is 1. The van der Waals surface area contributed by atoms with E-state index in [2.05, 4.69) is 10.3 Å². The van der Waals surface area contributed by atoms with Crippen LogP contribution in [0.4, 0.5) is 13.2 Å². The predicted octanol–water partition coefficient (Wildman–Crippen LogP) is 4.43. The number of rotatable bonds is 6. The molecule has 3 aromatic rings. The molecule has 0 bridgehead atoms. The molecule has 0 unspecified atom stereocenters. The van der Waals surface area contributed by atoms with Crippen molar-refractivity contribution in [2.75, 3.05) is 13.2 Å². The highest BCUT2D eigenvalue weighted by atomic mass is 32.1. The minimum absolute atomic E-state index is 0.110. The summed E-state index contributed by atoms with van der Waals surface area (Å²) in [5.74, 6) is -0.453. The van der Waals surface area contributed by atoms with Gasteiger partial charge in [-0.15, -0.1) is 0 Å². The molecule has 2 atom stereocenters. The van der Waals surface area contributed by atoms with Crippen molar-refractivity contribution in [1.82, 2.24) is 19.8 Å². The second-order valence-electron chi connectivity index (χ2n) is 7.41. The van der Waals surface area contributed by atoms with Gasteiger partial charge in [-0.2, -0.15) is 13.2 Å². The Hall–Kier alpha value is -3.40. The Morgan fingerprint density at radius 3 is 2.70 bits per heavy atom. The minimum Gasteiger partial charge on any atom is -0.465 e. The lowest BCUT2D eigenvalue weighted by molar-refractivity contribution is -0.143. The molecular weight excluding hydrogens is 453 g/mol. The first-order valence-electron chi connectivity index (χ1n) is 10.3. The van der Waals surface area contributed by atoms with Gasteiger partial charge >= 0.3 is 12.1 Å². The Balaban J connectivity index is 1.79. The molecule has 1 aliphatic rings. The van der Waals surface area contributed by atoms with E-state index in [-0.39, 0.29) is 13.2 Å². The van der Waals surface area contributed by atoms with Crippen LogP contribution in [0.25, 0.3) is 5.69 Å². The van der Waals surface area contributed by atoms with Crippen LogP contribution in [0.5, 0.6) is 0 Å². The highest BCUT2D eigenvalue weighted by Crippen LogP contribution is 2.40. The summed E-state index contributed by atoms with van der Waals surface area (Å²) >= 11 is 5.52. The van der Waals surface area contributed by atoms with Gasteiger partial charge in [0.05, 0.1) is 29.9 Å². The van der Waals surface area contributed by atoms with Gasteiger partial charge in [-0.1, -0.05) is 12.1 Å². The van der Waals surface area contributed by atoms with Crippen LogP contribution in [0.15, 0.2) is 67.0 Å². The zero-order valence-electron chi connectivity index (χ0n) is 17.6. The number of hydrogen-bond acceptors (Lipinski definition) is 4. The maximum Gasteiger partial charge on any atom is 0.416 e. The van der Waals surface area contributed by atoms with E-state index in [9.17, 15) is 18.0 Å². The van der Waals surface area contributed by atoms with Crippen molar-refractivity contribution in [3.63, 3.8) is 0 Å². The van der Waals surface area contributed by atoms with Crippen LogP contribution in [0, 0.1) is 0 Å². The minimum atomic E-state index is -4.47. The molecule has 10 heteroatoms. The van der Waals surface area contributed by atoms with Crippen molar-refractivity contribution < 1.29 is 22.7 Å². The Bertz CT molecular complexity index is 1150. The van der Waals surface area contributed by atoms with Crippen LogP contribution in [-0.4, -0.2) is 38.7 Å². The number of hydrogen-bond donors (Lipinski definition) is 1. The lowest BCUT2D eigenvalue weighted by Gasteiger charge is -2.28. The van der Waals surface area contributed by atoms with E-state index >= 15 is 0 Å². The zero-order valence-corrected chi connectivity index (χ0v) is 18.4. The average Bonchev–Trinajstić information content (AvgIpc) is 3.39. The van der Waals surface area contributed by atoms with Crippen molar-refractivity contribution in [3.05, 3.63) is 83.9 Å². The first-order chi connectivity index (χ1) is 15.8. The summed E-state index contributed by atoms with van der Waals surface area (Å²) in [5.41, 5.74) is 0.942. The van der Waals surface area contributed by atoms with E-state index in [0.29, 0.717) is 22.2 Å². The van der Waals surface area contributed by atoms with Gasteiger partial charge < -0.3 is 19.5 Å². The number of thiocarbonyl (C=S) groups is 1. The van der Waals surface area contributed by atoms with Gasteiger partial charge in [-0.05, 0) is 61.6 Å². The van der Waals surface area contributed by atoms with Crippen LogP contribution in [-0.2, 0) is 15.7 Å². The monoisotopic (exact) mass is 474 g/mol. The van der Waals surface area contributed by atoms with E-state index < -0.39 is 29.8 Å². The second-order valence-corrected chi connectivity index (χ2v) is 7.80. The Labute approximate surface area is 194 Å². The number of ether oxygens (including phenoxy) is 1. The van der Waals surface area contributed by atoms with E-state index in [1.807, 2.05) is 12.1 Å². The summed E-state index contributed by atoms with van der Waals surface area (Å²) in [6.07, 6.45) is -1.13. The van der Waals surface area contributed by atoms with Crippen molar-refractivity contribution >= 4 is 23.3 Å². The number of nitrogens with zero attached hydrogens (tertiary/aromatic N) is 3. The SMILES string of the molecule is CCOC(=O)CN1C(=S)N[C@@H](c2ccccn2)[C@H]1c1cccn1-c1cccc(C(F)(F)F)c1. The third kappa shape index (κ3) is 4.70. The smallest absolute Gasteiger partial charge is 0.416 e. The van der Waals surface area contributed by atoms with Crippen LogP contribution in [0.3, 0.4) is 0 Å². The molecule has 1 aliphatic heterocycles. The lowest BCUT2D eigenvalue weighted by atomic mass is 10.0. The first-order valence-corrected chi connectivity index (χ1v) is 10.7. The normalized spacial score (nSPS) is 18.3. The van der Waals surface area contributed by atoms with Crippen LogP contribution < -0.4 is 5.32 Å². The number of pyridine rings is 1. The molecule has 0 radical (unpaired) electrons. The van der Waals surface area contributed by atoms with E-state index in [4.69, 9.17) is 17.0 Å². The summed E-state index contributed by atoms with van der Waals surface area (Å²) in [4.78, 5) is 18.4. The number of halogens is 3. The number of benzene rings is 1. The van der Waals surface area contributed by atoms with Crippen molar-refractivity contribution in [1.29, 1.82) is 0 Å². The molecule has 2 aromatic heterocycles. The number of nitrogens with one attached hydrogen (secondary N) is 1. The Kier molecular flexibility index (Phi) is 6.37. The van der Waals surface area contributed by atoms with Gasteiger partial charge in [0.15, 0.2) is 5.11 Å². The van der Waals surface area contributed by atoms with Gasteiger partial charge in [-0.3, -0.25) is 9.78 Å². The molecule has 4 rings (SSSR count). The molecule has 0 amide bonds. The first kappa shape index (κ1) is 22.8. The molecule has 1 N–H and O–H groups in total. The van der Waals surface area contributed by atoms with E-state index in [1.165, 1.54) is 6.07 Å². The van der Waals surface area contributed by atoms with Crippen molar-refractivity contribution in [3.8, 4) is 5.69 Å². The third-order valence-electron chi connectivity index (χ3n) is 5.34. The maximum absolute atomic E-state index is 13.3. The average molecular weight is 475 g/mol. The van der Waals surface area contributed by atoms with Gasteiger partial charge in [0.1, 0.15) is 6.54 Å². The quantitative estimate of drug-likeness (QED) is 0.422. The summed E-state index contributed by atoms with van der Waals surface area (Å²) in [5, 5.41) is 3.55. The fourth-order valence-corrected chi connectivity index (χ4v) is 4.25. The number of esters is 1. The second kappa shape index (κ2) is 9.22. The molecular formula is C23H21F3N4O2S. The highest BCUT2D eigenvalue weighted by Gasteiger charge is 2.42. The van der Waals surface area contributed by atoms with Gasteiger partial charge in [0.2, 0.25) is 0 Å². The van der Waals surface area contributed by atoms with E-state index in [0.717, 1.165) is 12.1 Å². The highest BCUT2D eigenvalue weighted by molar-refractivity contribution is 7.80. The molecule has 3 heterocycles. The Morgan fingerprint density at radius 2 is 2.00 bits per heavy atom. The summed E-state index contributed by atoms with van der Waals surface area (Å²) < 4.78 is 46.7. The molecule has 172 valence electrons. The molecule has 33 heavy (non-hydrogen) atoms. The molecule has 0 aliphatic carbocycles.